The number of aryl methyl sites for hydroxylation is 2. The molecule has 0 aliphatic heterocycles. The molecule has 56 heavy (non-hydrogen) atoms. The lowest BCUT2D eigenvalue weighted by atomic mass is 9.63. The molecule has 0 heterocycles. The van der Waals surface area contributed by atoms with Gasteiger partial charge < -0.3 is 18.9 Å². The third-order valence-electron chi connectivity index (χ3n) is 14.1. The zero-order valence-electron chi connectivity index (χ0n) is 36.3. The molecule has 2 fully saturated rings. The molecule has 6 heteroatoms. The molecule has 0 spiro atoms. The van der Waals surface area contributed by atoms with Crippen LogP contribution in [0.15, 0.2) is 48.5 Å². The molecule has 0 saturated heterocycles. The molecule has 2 aromatic rings. The summed E-state index contributed by atoms with van der Waals surface area (Å²) in [5.41, 5.74) is 5.55. The Labute approximate surface area is 341 Å². The first-order valence-corrected chi connectivity index (χ1v) is 22.7. The third-order valence-corrected chi connectivity index (χ3v) is 14.1. The van der Waals surface area contributed by atoms with Gasteiger partial charge in [-0.1, -0.05) is 153 Å². The van der Waals surface area contributed by atoms with Crippen LogP contribution in [-0.2, 0) is 54.6 Å². The summed E-state index contributed by atoms with van der Waals surface area (Å²) >= 11 is 0. The molecule has 0 N–H and O–H groups in total. The summed E-state index contributed by atoms with van der Waals surface area (Å²) in [6, 6.07) is 16.8. The fraction of sp³-hybridized carbons (Fsp3) is 0.720. The van der Waals surface area contributed by atoms with E-state index in [1.54, 1.807) is 0 Å². The van der Waals surface area contributed by atoms with Crippen molar-refractivity contribution in [3.8, 4) is 0 Å². The van der Waals surface area contributed by atoms with Gasteiger partial charge in [-0.15, -0.1) is 0 Å². The Morgan fingerprint density at radius 2 is 0.875 bits per heavy atom. The van der Waals surface area contributed by atoms with E-state index in [0.29, 0.717) is 10.8 Å². The minimum absolute atomic E-state index is 0.141. The SMILES string of the molecule is CCCC(C)C1(CCCCc2ccc(CO[C@@H](C(=O)OC)[C@@H](OCc3ccc(CCCCC4(C(C)CCC)CCCCC4)cc3)C(=O)OC)cc2)CCCCC1. The maximum Gasteiger partial charge on any atom is 0.338 e. The number of rotatable bonds is 25. The summed E-state index contributed by atoms with van der Waals surface area (Å²) in [5.74, 6) is 0.296. The zero-order valence-corrected chi connectivity index (χ0v) is 36.3. The van der Waals surface area contributed by atoms with E-state index in [1.807, 2.05) is 24.3 Å². The molecule has 2 aliphatic carbocycles. The van der Waals surface area contributed by atoms with Crippen LogP contribution in [0.3, 0.4) is 0 Å². The lowest BCUT2D eigenvalue weighted by molar-refractivity contribution is -0.182. The lowest BCUT2D eigenvalue weighted by Crippen LogP contribution is -2.44. The van der Waals surface area contributed by atoms with Crippen molar-refractivity contribution in [1.29, 1.82) is 0 Å². The summed E-state index contributed by atoms with van der Waals surface area (Å²) < 4.78 is 22.3. The Hall–Kier alpha value is -2.70. The first-order chi connectivity index (χ1) is 27.2. The van der Waals surface area contributed by atoms with Crippen LogP contribution in [0.2, 0.25) is 0 Å². The van der Waals surface area contributed by atoms with Gasteiger partial charge in [-0.25, -0.2) is 9.59 Å². The average Bonchev–Trinajstić information content (AvgIpc) is 3.23. The topological polar surface area (TPSA) is 71.1 Å². The number of carbonyl (C=O) groups is 2. The lowest BCUT2D eigenvalue weighted by Gasteiger charge is -2.43. The Bertz CT molecular complexity index is 1280. The smallest absolute Gasteiger partial charge is 0.338 e. The molecule has 0 amide bonds. The van der Waals surface area contributed by atoms with Gasteiger partial charge in [0.1, 0.15) is 0 Å². The molecule has 4 rings (SSSR count). The first kappa shape index (κ1) is 46.0. The second-order valence-electron chi connectivity index (χ2n) is 17.8. The summed E-state index contributed by atoms with van der Waals surface area (Å²) in [7, 11) is 2.59. The Morgan fingerprint density at radius 3 is 1.20 bits per heavy atom. The van der Waals surface area contributed by atoms with Crippen LogP contribution >= 0.6 is 0 Å². The van der Waals surface area contributed by atoms with Gasteiger partial charge >= 0.3 is 11.9 Å². The van der Waals surface area contributed by atoms with Crippen LogP contribution in [0.1, 0.15) is 178 Å². The van der Waals surface area contributed by atoms with Crippen LogP contribution in [0.5, 0.6) is 0 Å². The number of carbonyl (C=O) groups excluding carboxylic acids is 2. The average molecular weight is 775 g/mol. The van der Waals surface area contributed by atoms with E-state index in [1.165, 1.54) is 154 Å². The van der Waals surface area contributed by atoms with E-state index < -0.39 is 24.1 Å². The maximum atomic E-state index is 12.9. The van der Waals surface area contributed by atoms with E-state index in [4.69, 9.17) is 18.9 Å². The first-order valence-electron chi connectivity index (χ1n) is 22.7. The Morgan fingerprint density at radius 1 is 0.536 bits per heavy atom. The number of hydrogen-bond donors (Lipinski definition) is 0. The number of methoxy groups -OCH3 is 2. The highest BCUT2D eigenvalue weighted by Gasteiger charge is 2.39. The van der Waals surface area contributed by atoms with Gasteiger partial charge in [0.05, 0.1) is 27.4 Å². The summed E-state index contributed by atoms with van der Waals surface area (Å²) in [5, 5.41) is 0. The quantitative estimate of drug-likeness (QED) is 0.0739. The minimum Gasteiger partial charge on any atom is -0.467 e. The minimum atomic E-state index is -1.26. The fourth-order valence-corrected chi connectivity index (χ4v) is 10.3. The van der Waals surface area contributed by atoms with E-state index in [2.05, 4.69) is 52.0 Å². The standard InChI is InChI=1S/C50H78O6/c1-7-19-39(3)49(31-13-9-14-32-49)35-17-11-21-41-23-27-43(28-24-41)37-55-45(47(51)53-5)46(48(52)54-6)56-38-44-29-25-42(26-30-44)22-12-18-36-50(40(4)20-8-2)33-15-10-16-34-50/h23-30,39-40,45-46H,7-22,31-38H2,1-6H3/t39?,40?,45-,46-/m1/s1. The largest absolute Gasteiger partial charge is 0.467 e. The molecule has 314 valence electrons. The Balaban J connectivity index is 1.25. The number of hydrogen-bond acceptors (Lipinski definition) is 6. The van der Waals surface area contributed by atoms with Gasteiger partial charge in [-0.2, -0.15) is 0 Å². The fourth-order valence-electron chi connectivity index (χ4n) is 10.3. The molecule has 0 aromatic heterocycles. The van der Waals surface area contributed by atoms with E-state index in [0.717, 1.165) is 35.8 Å². The molecule has 6 nitrogen and oxygen atoms in total. The van der Waals surface area contributed by atoms with Crippen molar-refractivity contribution in [2.24, 2.45) is 22.7 Å². The van der Waals surface area contributed by atoms with Crippen molar-refractivity contribution in [2.45, 2.75) is 194 Å². The van der Waals surface area contributed by atoms with Crippen molar-refractivity contribution in [1.82, 2.24) is 0 Å². The van der Waals surface area contributed by atoms with Crippen molar-refractivity contribution in [3.63, 3.8) is 0 Å². The van der Waals surface area contributed by atoms with E-state index >= 15 is 0 Å². The zero-order chi connectivity index (χ0) is 40.2. The van der Waals surface area contributed by atoms with Gasteiger partial charge in [0, 0.05) is 0 Å². The van der Waals surface area contributed by atoms with E-state index in [-0.39, 0.29) is 13.2 Å². The molecular weight excluding hydrogens is 697 g/mol. The van der Waals surface area contributed by atoms with Crippen molar-refractivity contribution in [3.05, 3.63) is 70.8 Å². The van der Waals surface area contributed by atoms with Crippen molar-refractivity contribution < 1.29 is 28.5 Å². The van der Waals surface area contributed by atoms with Gasteiger partial charge in [0.25, 0.3) is 0 Å². The molecule has 4 atom stereocenters. The molecular formula is C50H78O6. The molecule has 0 bridgehead atoms. The highest BCUT2D eigenvalue weighted by molar-refractivity contribution is 5.85. The van der Waals surface area contributed by atoms with Crippen LogP contribution in [0, 0.1) is 22.7 Å². The predicted molar refractivity (Wildman–Crippen MR) is 228 cm³/mol. The number of ether oxygens (including phenoxy) is 4. The number of unbranched alkanes of at least 4 members (excludes halogenated alkanes) is 2. The summed E-state index contributed by atoms with van der Waals surface area (Å²) in [6.07, 6.45) is 26.5. The molecule has 2 aromatic carbocycles. The van der Waals surface area contributed by atoms with Gasteiger partial charge in [-0.3, -0.25) is 0 Å². The van der Waals surface area contributed by atoms with Crippen molar-refractivity contribution >= 4 is 11.9 Å². The summed E-state index contributed by atoms with van der Waals surface area (Å²) in [4.78, 5) is 25.9. The van der Waals surface area contributed by atoms with E-state index in [9.17, 15) is 9.59 Å². The maximum absolute atomic E-state index is 12.9. The van der Waals surface area contributed by atoms with Crippen LogP contribution in [-0.4, -0.2) is 38.4 Å². The van der Waals surface area contributed by atoms with Gasteiger partial charge in [0.15, 0.2) is 12.2 Å². The normalized spacial score (nSPS) is 18.8. The molecule has 2 aliphatic rings. The predicted octanol–water partition coefficient (Wildman–Crippen LogP) is 12.7. The number of esters is 2. The highest BCUT2D eigenvalue weighted by atomic mass is 16.6. The van der Waals surface area contributed by atoms with Gasteiger partial charge in [-0.05, 0) is 109 Å². The van der Waals surface area contributed by atoms with Crippen LogP contribution in [0.4, 0.5) is 0 Å². The molecule has 2 saturated carbocycles. The monoisotopic (exact) mass is 775 g/mol. The van der Waals surface area contributed by atoms with Crippen LogP contribution < -0.4 is 0 Å². The summed E-state index contributed by atoms with van der Waals surface area (Å²) in [6.45, 7) is 9.93. The van der Waals surface area contributed by atoms with Gasteiger partial charge in [0.2, 0.25) is 0 Å². The molecule has 2 unspecified atom stereocenters. The number of benzene rings is 2. The molecule has 0 radical (unpaired) electrons. The second-order valence-corrected chi connectivity index (χ2v) is 17.8. The Kier molecular flexibility index (Phi) is 19.9. The third kappa shape index (κ3) is 13.7. The second kappa shape index (κ2) is 24.3. The highest BCUT2D eigenvalue weighted by Crippen LogP contribution is 2.49. The van der Waals surface area contributed by atoms with Crippen LogP contribution in [0.25, 0.3) is 0 Å². The van der Waals surface area contributed by atoms with Crippen molar-refractivity contribution in [2.75, 3.05) is 14.2 Å².